The van der Waals surface area contributed by atoms with Crippen LogP contribution >= 0.6 is 0 Å². The van der Waals surface area contributed by atoms with Crippen LogP contribution in [0.15, 0.2) is 30.3 Å². The Labute approximate surface area is 95.4 Å². The minimum absolute atomic E-state index is 0.0308. The van der Waals surface area contributed by atoms with Crippen LogP contribution < -0.4 is 4.74 Å². The molecule has 1 aromatic carbocycles. The van der Waals surface area contributed by atoms with Crippen molar-refractivity contribution in [2.75, 3.05) is 13.2 Å². The van der Waals surface area contributed by atoms with Gasteiger partial charge in [-0.3, -0.25) is 4.79 Å². The highest BCUT2D eigenvalue weighted by Gasteiger charge is 1.93. The Morgan fingerprint density at radius 1 is 1.38 bits per heavy atom. The van der Waals surface area contributed by atoms with Gasteiger partial charge in [0.2, 0.25) is 0 Å². The summed E-state index contributed by atoms with van der Waals surface area (Å²) >= 11 is 0. The predicted molar refractivity (Wildman–Crippen MR) is 63.4 cm³/mol. The third-order valence-corrected chi connectivity index (χ3v) is 1.96. The fourth-order valence-electron chi connectivity index (χ4n) is 1.14. The van der Waals surface area contributed by atoms with Gasteiger partial charge in [0.05, 0.1) is 6.61 Å². The topological polar surface area (TPSA) is 46.5 Å². The number of hydrogen-bond donors (Lipinski definition) is 1. The molecule has 0 atom stereocenters. The molecule has 1 aromatic rings. The molecule has 3 heteroatoms. The molecule has 0 aromatic heterocycles. The number of aliphatic hydroxyl groups is 1. The van der Waals surface area contributed by atoms with Crippen molar-refractivity contribution in [2.45, 2.75) is 13.3 Å². The first-order valence-electron chi connectivity index (χ1n) is 5.25. The first-order valence-corrected chi connectivity index (χ1v) is 5.25. The van der Waals surface area contributed by atoms with Crippen LogP contribution in [0.2, 0.25) is 0 Å². The molecule has 0 spiro atoms. The number of aliphatic hydroxyl groups excluding tert-OH is 1. The van der Waals surface area contributed by atoms with Crippen molar-refractivity contribution in [1.82, 2.24) is 0 Å². The van der Waals surface area contributed by atoms with Gasteiger partial charge in [-0.1, -0.05) is 18.2 Å². The lowest BCUT2D eigenvalue weighted by Gasteiger charge is -2.04. The normalized spacial score (nSPS) is 10.6. The maximum absolute atomic E-state index is 10.7. The molecule has 0 saturated heterocycles. The highest BCUT2D eigenvalue weighted by molar-refractivity contribution is 5.91. The zero-order valence-electron chi connectivity index (χ0n) is 9.35. The fourth-order valence-corrected chi connectivity index (χ4v) is 1.14. The molecule has 86 valence electrons. The average molecular weight is 220 g/mol. The summed E-state index contributed by atoms with van der Waals surface area (Å²) in [5.41, 5.74) is 0.963. The van der Waals surface area contributed by atoms with Gasteiger partial charge in [0.25, 0.3) is 0 Å². The van der Waals surface area contributed by atoms with Crippen molar-refractivity contribution in [2.24, 2.45) is 0 Å². The second-order valence-electron chi connectivity index (χ2n) is 3.44. The largest absolute Gasteiger partial charge is 0.494 e. The van der Waals surface area contributed by atoms with Gasteiger partial charge in [0.15, 0.2) is 5.78 Å². The molecule has 0 unspecified atom stereocenters. The summed E-state index contributed by atoms with van der Waals surface area (Å²) in [5, 5.41) is 8.59. The van der Waals surface area contributed by atoms with E-state index in [1.54, 1.807) is 6.08 Å². The summed E-state index contributed by atoms with van der Waals surface area (Å²) in [5.74, 6) is 0.802. The van der Waals surface area contributed by atoms with Crippen molar-refractivity contribution >= 4 is 11.9 Å². The van der Waals surface area contributed by atoms with E-state index in [2.05, 4.69) is 0 Å². The molecule has 0 aliphatic heterocycles. The summed E-state index contributed by atoms with van der Waals surface area (Å²) in [6.45, 7) is 2.17. The molecule has 16 heavy (non-hydrogen) atoms. The number of allylic oxidation sites excluding steroid dienone is 1. The lowest BCUT2D eigenvalue weighted by Crippen LogP contribution is -1.99. The van der Waals surface area contributed by atoms with E-state index in [1.165, 1.54) is 13.0 Å². The van der Waals surface area contributed by atoms with E-state index in [9.17, 15) is 4.79 Å². The van der Waals surface area contributed by atoms with Crippen molar-refractivity contribution in [1.29, 1.82) is 0 Å². The number of benzene rings is 1. The summed E-state index contributed by atoms with van der Waals surface area (Å²) in [6.07, 6.45) is 3.92. The Morgan fingerprint density at radius 2 is 2.06 bits per heavy atom. The number of ketones is 1. The van der Waals surface area contributed by atoms with Crippen LogP contribution in [0.4, 0.5) is 0 Å². The molecule has 0 amide bonds. The molecule has 0 saturated carbocycles. The lowest BCUT2D eigenvalue weighted by atomic mass is 10.2. The van der Waals surface area contributed by atoms with E-state index in [4.69, 9.17) is 9.84 Å². The first kappa shape index (κ1) is 12.5. The molecule has 0 heterocycles. The fraction of sp³-hybridized carbons (Fsp3) is 0.308. The maximum Gasteiger partial charge on any atom is 0.152 e. The van der Waals surface area contributed by atoms with Crippen molar-refractivity contribution in [3.63, 3.8) is 0 Å². The van der Waals surface area contributed by atoms with Gasteiger partial charge >= 0.3 is 0 Å². The highest BCUT2D eigenvalue weighted by Crippen LogP contribution is 2.13. The van der Waals surface area contributed by atoms with E-state index in [1.807, 2.05) is 24.3 Å². The third-order valence-electron chi connectivity index (χ3n) is 1.96. The molecule has 0 aliphatic rings. The van der Waals surface area contributed by atoms with Gasteiger partial charge in [-0.15, -0.1) is 0 Å². The van der Waals surface area contributed by atoms with E-state index in [0.29, 0.717) is 13.0 Å². The van der Waals surface area contributed by atoms with Gasteiger partial charge < -0.3 is 9.84 Å². The Kier molecular flexibility index (Phi) is 5.29. The second-order valence-corrected chi connectivity index (χ2v) is 3.44. The Bertz CT molecular complexity index is 352. The van der Waals surface area contributed by atoms with Crippen LogP contribution in [0.5, 0.6) is 5.75 Å². The number of carbonyl (C=O) groups excluding carboxylic acids is 1. The SMILES string of the molecule is CC(=O)/C=C/c1ccc(OCCCO)cc1. The van der Waals surface area contributed by atoms with Crippen molar-refractivity contribution in [3.05, 3.63) is 35.9 Å². The summed E-state index contributed by atoms with van der Waals surface area (Å²) < 4.78 is 5.38. The number of ether oxygens (including phenoxy) is 1. The van der Waals surface area contributed by atoms with Crippen LogP contribution in [0, 0.1) is 0 Å². The van der Waals surface area contributed by atoms with Crippen molar-refractivity contribution in [3.8, 4) is 5.75 Å². The molecular weight excluding hydrogens is 204 g/mol. The van der Waals surface area contributed by atoms with Gasteiger partial charge in [-0.25, -0.2) is 0 Å². The third kappa shape index (κ3) is 4.75. The van der Waals surface area contributed by atoms with E-state index in [-0.39, 0.29) is 12.4 Å². The number of rotatable bonds is 6. The summed E-state index contributed by atoms with van der Waals surface area (Å²) in [6, 6.07) is 7.45. The maximum atomic E-state index is 10.7. The minimum atomic E-state index is 0.0308. The summed E-state index contributed by atoms with van der Waals surface area (Å²) in [7, 11) is 0. The predicted octanol–water partition coefficient (Wildman–Crippen LogP) is 2.05. The molecule has 0 radical (unpaired) electrons. The zero-order valence-corrected chi connectivity index (χ0v) is 9.35. The smallest absolute Gasteiger partial charge is 0.152 e. The highest BCUT2D eigenvalue weighted by atomic mass is 16.5. The Morgan fingerprint density at radius 3 is 2.62 bits per heavy atom. The Hall–Kier alpha value is -1.61. The van der Waals surface area contributed by atoms with Gasteiger partial charge in [-0.2, -0.15) is 0 Å². The van der Waals surface area contributed by atoms with E-state index in [0.717, 1.165) is 11.3 Å². The molecule has 3 nitrogen and oxygen atoms in total. The second kappa shape index (κ2) is 6.80. The van der Waals surface area contributed by atoms with E-state index >= 15 is 0 Å². The number of carbonyl (C=O) groups is 1. The van der Waals surface area contributed by atoms with Crippen LogP contribution in [-0.2, 0) is 4.79 Å². The first-order chi connectivity index (χ1) is 7.72. The van der Waals surface area contributed by atoms with Gasteiger partial charge in [0, 0.05) is 13.0 Å². The zero-order chi connectivity index (χ0) is 11.8. The van der Waals surface area contributed by atoms with Crippen LogP contribution in [0.1, 0.15) is 18.9 Å². The van der Waals surface area contributed by atoms with Crippen LogP contribution in [0.25, 0.3) is 6.08 Å². The van der Waals surface area contributed by atoms with Crippen LogP contribution in [-0.4, -0.2) is 24.1 Å². The lowest BCUT2D eigenvalue weighted by molar-refractivity contribution is -0.112. The molecule has 0 bridgehead atoms. The standard InChI is InChI=1S/C13H16O3/c1-11(15)3-4-12-5-7-13(8-6-12)16-10-2-9-14/h3-8,14H,2,9-10H2,1H3/b4-3+. The quantitative estimate of drug-likeness (QED) is 0.589. The monoisotopic (exact) mass is 220 g/mol. The van der Waals surface area contributed by atoms with Gasteiger partial charge in [0.1, 0.15) is 5.75 Å². The molecule has 0 fully saturated rings. The van der Waals surface area contributed by atoms with Crippen LogP contribution in [0.3, 0.4) is 0 Å². The van der Waals surface area contributed by atoms with E-state index < -0.39 is 0 Å². The Balaban J connectivity index is 2.51. The van der Waals surface area contributed by atoms with Crippen molar-refractivity contribution < 1.29 is 14.6 Å². The summed E-state index contributed by atoms with van der Waals surface area (Å²) in [4.78, 5) is 10.7. The molecular formula is C13H16O3. The molecule has 0 aliphatic carbocycles. The molecule has 1 N–H and O–H groups in total. The molecule has 1 rings (SSSR count). The number of hydrogen-bond acceptors (Lipinski definition) is 3. The average Bonchev–Trinajstić information content (AvgIpc) is 2.28. The van der Waals surface area contributed by atoms with Gasteiger partial charge in [-0.05, 0) is 30.7 Å². The minimum Gasteiger partial charge on any atom is -0.494 e.